The van der Waals surface area contributed by atoms with Crippen LogP contribution in [0.2, 0.25) is 0 Å². The van der Waals surface area contributed by atoms with E-state index in [-0.39, 0.29) is 5.03 Å². The van der Waals surface area contributed by atoms with Crippen LogP contribution in [-0.2, 0) is 9.05 Å². The van der Waals surface area contributed by atoms with Crippen molar-refractivity contribution in [3.63, 3.8) is 0 Å². The van der Waals surface area contributed by atoms with Crippen LogP contribution >= 0.6 is 10.7 Å². The van der Waals surface area contributed by atoms with Crippen LogP contribution in [0.1, 0.15) is 5.69 Å². The second-order valence-electron chi connectivity index (χ2n) is 3.31. The zero-order valence-electron chi connectivity index (χ0n) is 8.46. The zero-order valence-corrected chi connectivity index (χ0v) is 10.0. The van der Waals surface area contributed by atoms with Crippen molar-refractivity contribution in [2.24, 2.45) is 0 Å². The van der Waals surface area contributed by atoms with Crippen LogP contribution < -0.4 is 0 Å². The van der Waals surface area contributed by atoms with Crippen molar-refractivity contribution in [1.82, 2.24) is 9.78 Å². The first-order valence-corrected chi connectivity index (χ1v) is 6.86. The fourth-order valence-corrected chi connectivity index (χ4v) is 2.40. The molecular weight excluding hydrogens is 248 g/mol. The number of benzene rings is 1. The Balaban J connectivity index is 2.67. The zero-order chi connectivity index (χ0) is 11.8. The number of rotatable bonds is 2. The summed E-state index contributed by atoms with van der Waals surface area (Å²) in [5.74, 6) is 0. The first-order chi connectivity index (χ1) is 7.48. The number of para-hydroxylation sites is 1. The van der Waals surface area contributed by atoms with Gasteiger partial charge in [0.25, 0.3) is 9.05 Å². The first-order valence-electron chi connectivity index (χ1n) is 4.55. The Morgan fingerprint density at radius 1 is 1.25 bits per heavy atom. The standard InChI is InChI=1S/C10H9ClN2O2S/c1-8-7-10(16(11,14)15)13(12-8)9-5-3-2-4-6-9/h2-7H,1H3. The van der Waals surface area contributed by atoms with Gasteiger partial charge in [0.1, 0.15) is 0 Å². The number of hydrogen-bond acceptors (Lipinski definition) is 3. The quantitative estimate of drug-likeness (QED) is 0.774. The molecule has 6 heteroatoms. The first kappa shape index (κ1) is 11.2. The molecule has 2 rings (SSSR count). The smallest absolute Gasteiger partial charge is 0.221 e. The van der Waals surface area contributed by atoms with E-state index in [4.69, 9.17) is 10.7 Å². The summed E-state index contributed by atoms with van der Waals surface area (Å²) in [6.45, 7) is 1.71. The van der Waals surface area contributed by atoms with E-state index in [9.17, 15) is 8.42 Å². The molecule has 0 saturated heterocycles. The Morgan fingerprint density at radius 2 is 1.88 bits per heavy atom. The highest BCUT2D eigenvalue weighted by atomic mass is 35.7. The summed E-state index contributed by atoms with van der Waals surface area (Å²) in [6.07, 6.45) is 0. The summed E-state index contributed by atoms with van der Waals surface area (Å²) in [5, 5.41) is 4.08. The maximum absolute atomic E-state index is 11.3. The molecule has 0 aliphatic rings. The molecule has 0 amide bonds. The van der Waals surface area contributed by atoms with Crippen LogP contribution in [0.3, 0.4) is 0 Å². The van der Waals surface area contributed by atoms with Crippen molar-refractivity contribution < 1.29 is 8.42 Å². The number of aromatic nitrogens is 2. The molecule has 0 spiro atoms. The number of halogens is 1. The van der Waals surface area contributed by atoms with E-state index in [1.807, 2.05) is 6.07 Å². The average Bonchev–Trinajstić information content (AvgIpc) is 2.61. The van der Waals surface area contributed by atoms with Crippen LogP contribution in [-0.4, -0.2) is 18.2 Å². The molecule has 0 aliphatic heterocycles. The van der Waals surface area contributed by atoms with Gasteiger partial charge >= 0.3 is 0 Å². The molecule has 0 bridgehead atoms. The minimum atomic E-state index is -3.79. The second kappa shape index (κ2) is 3.92. The van der Waals surface area contributed by atoms with Gasteiger partial charge in [0.15, 0.2) is 5.03 Å². The molecule has 2 aromatic rings. The molecule has 0 atom stereocenters. The maximum atomic E-state index is 11.3. The van der Waals surface area contributed by atoms with Gasteiger partial charge < -0.3 is 0 Å². The molecule has 0 saturated carbocycles. The number of aryl methyl sites for hydroxylation is 1. The van der Waals surface area contributed by atoms with Crippen LogP contribution in [0, 0.1) is 6.92 Å². The molecule has 0 aliphatic carbocycles. The van der Waals surface area contributed by atoms with E-state index in [2.05, 4.69) is 5.10 Å². The third kappa shape index (κ3) is 2.10. The summed E-state index contributed by atoms with van der Waals surface area (Å²) in [5.41, 5.74) is 1.26. The van der Waals surface area contributed by atoms with Crippen LogP contribution in [0.4, 0.5) is 0 Å². The van der Waals surface area contributed by atoms with E-state index in [1.54, 1.807) is 31.2 Å². The van der Waals surface area contributed by atoms with Gasteiger partial charge in [-0.15, -0.1) is 0 Å². The van der Waals surface area contributed by atoms with Crippen molar-refractivity contribution in [2.45, 2.75) is 11.9 Å². The fourth-order valence-electron chi connectivity index (χ4n) is 1.40. The molecule has 1 aromatic heterocycles. The summed E-state index contributed by atoms with van der Waals surface area (Å²) < 4.78 is 24.0. The highest BCUT2D eigenvalue weighted by Gasteiger charge is 2.18. The topological polar surface area (TPSA) is 52.0 Å². The second-order valence-corrected chi connectivity index (χ2v) is 5.82. The fraction of sp³-hybridized carbons (Fsp3) is 0.100. The minimum Gasteiger partial charge on any atom is -0.221 e. The monoisotopic (exact) mass is 256 g/mol. The van der Waals surface area contributed by atoms with E-state index < -0.39 is 9.05 Å². The van der Waals surface area contributed by atoms with E-state index in [0.717, 1.165) is 0 Å². The molecule has 1 heterocycles. The Kier molecular flexibility index (Phi) is 2.73. The summed E-state index contributed by atoms with van der Waals surface area (Å²) >= 11 is 0. The van der Waals surface area contributed by atoms with Gasteiger partial charge in [0, 0.05) is 10.7 Å². The SMILES string of the molecule is Cc1cc(S(=O)(=O)Cl)n(-c2ccccc2)n1. The molecule has 0 unspecified atom stereocenters. The molecule has 84 valence electrons. The predicted molar refractivity (Wildman–Crippen MR) is 61.3 cm³/mol. The number of nitrogens with zero attached hydrogens (tertiary/aromatic N) is 2. The minimum absolute atomic E-state index is 0.0159. The molecular formula is C10H9ClN2O2S. The van der Waals surface area contributed by atoms with Gasteiger partial charge in [-0.3, -0.25) is 0 Å². The Bertz CT molecular complexity index is 605. The normalized spacial score (nSPS) is 11.6. The van der Waals surface area contributed by atoms with Crippen LogP contribution in [0.25, 0.3) is 5.69 Å². The lowest BCUT2D eigenvalue weighted by atomic mass is 10.3. The van der Waals surface area contributed by atoms with E-state index in [0.29, 0.717) is 11.4 Å². The number of hydrogen-bond donors (Lipinski definition) is 0. The lowest BCUT2D eigenvalue weighted by Gasteiger charge is -2.03. The van der Waals surface area contributed by atoms with Crippen LogP contribution in [0.5, 0.6) is 0 Å². The molecule has 4 nitrogen and oxygen atoms in total. The highest BCUT2D eigenvalue weighted by Crippen LogP contribution is 2.20. The van der Waals surface area contributed by atoms with Gasteiger partial charge in [0.05, 0.1) is 11.4 Å². The maximum Gasteiger partial charge on any atom is 0.278 e. The lowest BCUT2D eigenvalue weighted by molar-refractivity contribution is 0.600. The third-order valence-electron chi connectivity index (χ3n) is 2.05. The molecule has 0 fully saturated rings. The van der Waals surface area contributed by atoms with Crippen molar-refractivity contribution >= 4 is 19.7 Å². The van der Waals surface area contributed by atoms with Gasteiger partial charge in [-0.05, 0) is 25.1 Å². The van der Waals surface area contributed by atoms with Gasteiger partial charge in [-0.25, -0.2) is 13.1 Å². The van der Waals surface area contributed by atoms with Crippen LogP contribution in [0.15, 0.2) is 41.4 Å². The Hall–Kier alpha value is -1.33. The van der Waals surface area contributed by atoms with E-state index in [1.165, 1.54) is 10.7 Å². The predicted octanol–water partition coefficient (Wildman–Crippen LogP) is 2.11. The Labute approximate surface area is 97.9 Å². The molecule has 16 heavy (non-hydrogen) atoms. The van der Waals surface area contributed by atoms with E-state index >= 15 is 0 Å². The lowest BCUT2D eigenvalue weighted by Crippen LogP contribution is -2.04. The average molecular weight is 257 g/mol. The molecule has 1 aromatic carbocycles. The van der Waals surface area contributed by atoms with Gasteiger partial charge in [-0.1, -0.05) is 18.2 Å². The summed E-state index contributed by atoms with van der Waals surface area (Å²) in [4.78, 5) is 0. The summed E-state index contributed by atoms with van der Waals surface area (Å²) in [7, 11) is 1.55. The highest BCUT2D eigenvalue weighted by molar-refractivity contribution is 8.13. The van der Waals surface area contributed by atoms with Gasteiger partial charge in [-0.2, -0.15) is 5.10 Å². The molecule has 0 radical (unpaired) electrons. The van der Waals surface area contributed by atoms with Crippen molar-refractivity contribution in [2.75, 3.05) is 0 Å². The molecule has 0 N–H and O–H groups in total. The largest absolute Gasteiger partial charge is 0.278 e. The third-order valence-corrected chi connectivity index (χ3v) is 3.31. The Morgan fingerprint density at radius 3 is 2.44 bits per heavy atom. The van der Waals surface area contributed by atoms with Crippen molar-refractivity contribution in [1.29, 1.82) is 0 Å². The summed E-state index contributed by atoms with van der Waals surface area (Å²) in [6, 6.07) is 10.4. The van der Waals surface area contributed by atoms with Gasteiger partial charge in [0.2, 0.25) is 0 Å². The van der Waals surface area contributed by atoms with Crippen molar-refractivity contribution in [3.8, 4) is 5.69 Å². The van der Waals surface area contributed by atoms with Crippen molar-refractivity contribution in [3.05, 3.63) is 42.1 Å².